The molecule has 3 aromatic carbocycles. The number of carboxylic acid groups (broad SMARTS) is 1. The second-order valence-corrected chi connectivity index (χ2v) is 9.04. The number of rotatable bonds is 8. The Morgan fingerprint density at radius 1 is 1.06 bits per heavy atom. The summed E-state index contributed by atoms with van der Waals surface area (Å²) in [6.45, 7) is 4.57. The summed E-state index contributed by atoms with van der Waals surface area (Å²) < 4.78 is 19.2. The van der Waals surface area contributed by atoms with Gasteiger partial charge >= 0.3 is 5.97 Å². The Morgan fingerprint density at radius 3 is 2.37 bits per heavy atom. The number of carbonyl (C=O) groups excluding carboxylic acids is 1. The fourth-order valence-electron chi connectivity index (χ4n) is 4.14. The highest BCUT2D eigenvalue weighted by Gasteiger charge is 2.34. The fraction of sp³-hybridized carbons (Fsp3) is 0.286. The van der Waals surface area contributed by atoms with Crippen LogP contribution >= 0.6 is 0 Å². The van der Waals surface area contributed by atoms with Crippen molar-refractivity contribution in [1.29, 1.82) is 0 Å². The minimum Gasteiger partial charge on any atom is -0.489 e. The van der Waals surface area contributed by atoms with Crippen LogP contribution in [0.2, 0.25) is 0 Å². The van der Waals surface area contributed by atoms with Crippen molar-refractivity contribution in [3.63, 3.8) is 0 Å². The zero-order valence-electron chi connectivity index (χ0n) is 19.8. The van der Waals surface area contributed by atoms with Crippen LogP contribution in [-0.2, 0) is 22.6 Å². The van der Waals surface area contributed by atoms with Gasteiger partial charge in [0.25, 0.3) is 0 Å². The molecule has 35 heavy (non-hydrogen) atoms. The molecule has 0 aromatic heterocycles. The minimum atomic E-state index is -1.10. The average molecular weight is 477 g/mol. The van der Waals surface area contributed by atoms with Crippen LogP contribution in [-0.4, -0.2) is 35.7 Å². The molecule has 0 aliphatic carbocycles. The molecule has 2 atom stereocenters. The summed E-state index contributed by atoms with van der Waals surface area (Å²) >= 11 is 0. The van der Waals surface area contributed by atoms with Crippen molar-refractivity contribution < 1.29 is 23.8 Å². The van der Waals surface area contributed by atoms with E-state index >= 15 is 0 Å². The highest BCUT2D eigenvalue weighted by Crippen LogP contribution is 2.32. The van der Waals surface area contributed by atoms with E-state index in [2.05, 4.69) is 31.3 Å². The van der Waals surface area contributed by atoms with Crippen molar-refractivity contribution >= 4 is 17.6 Å². The van der Waals surface area contributed by atoms with E-state index < -0.39 is 23.9 Å². The second kappa shape index (κ2) is 10.7. The lowest BCUT2D eigenvalue weighted by atomic mass is 10.0. The zero-order valence-corrected chi connectivity index (χ0v) is 19.8. The van der Waals surface area contributed by atoms with Crippen LogP contribution in [0, 0.1) is 5.82 Å². The van der Waals surface area contributed by atoms with Crippen molar-refractivity contribution in [2.45, 2.75) is 44.8 Å². The number of hydrogen-bond acceptors (Lipinski definition) is 4. The third-order valence-corrected chi connectivity index (χ3v) is 6.17. The Hall–Kier alpha value is -3.71. The molecule has 0 spiro atoms. The normalized spacial score (nSPS) is 16.4. The first-order chi connectivity index (χ1) is 16.8. The standard InChI is InChI=1S/C28H29FN2O4/c1-18(2)21-11-7-20(8-12-21)16-31-25-5-3-4-6-26(25)35-17-24(27(31)32)30-23(28(33)34)15-19-9-13-22(29)14-10-19/h3-14,18,23-24,30H,15-17H2,1-2H3,(H,33,34)/t23-,24?/m0/s1. The summed E-state index contributed by atoms with van der Waals surface area (Å²) in [5, 5.41) is 12.8. The van der Waals surface area contributed by atoms with Gasteiger partial charge in [0.15, 0.2) is 0 Å². The second-order valence-electron chi connectivity index (χ2n) is 9.04. The summed E-state index contributed by atoms with van der Waals surface area (Å²) in [6, 6.07) is 19.2. The van der Waals surface area contributed by atoms with Crippen molar-refractivity contribution in [3.05, 3.63) is 95.3 Å². The third-order valence-electron chi connectivity index (χ3n) is 6.17. The Kier molecular flexibility index (Phi) is 7.46. The summed E-state index contributed by atoms with van der Waals surface area (Å²) in [4.78, 5) is 27.3. The van der Waals surface area contributed by atoms with E-state index in [-0.39, 0.29) is 18.9 Å². The molecule has 1 unspecified atom stereocenters. The fourth-order valence-corrected chi connectivity index (χ4v) is 4.14. The quantitative estimate of drug-likeness (QED) is 0.500. The maximum atomic E-state index is 13.7. The third kappa shape index (κ3) is 5.87. The van der Waals surface area contributed by atoms with Crippen LogP contribution in [0.4, 0.5) is 10.1 Å². The number of ether oxygens (including phenoxy) is 1. The van der Waals surface area contributed by atoms with Gasteiger partial charge in [0.1, 0.15) is 30.3 Å². The van der Waals surface area contributed by atoms with Gasteiger partial charge in [-0.05, 0) is 53.3 Å². The van der Waals surface area contributed by atoms with Crippen molar-refractivity contribution in [1.82, 2.24) is 5.32 Å². The first-order valence-corrected chi connectivity index (χ1v) is 11.7. The van der Waals surface area contributed by atoms with Crippen LogP contribution < -0.4 is 15.0 Å². The maximum Gasteiger partial charge on any atom is 0.321 e. The highest BCUT2D eigenvalue weighted by atomic mass is 19.1. The van der Waals surface area contributed by atoms with Crippen molar-refractivity contribution in [3.8, 4) is 5.75 Å². The van der Waals surface area contributed by atoms with Crippen LogP contribution in [0.15, 0.2) is 72.8 Å². The highest BCUT2D eigenvalue weighted by molar-refractivity contribution is 5.99. The topological polar surface area (TPSA) is 78.9 Å². The minimum absolute atomic E-state index is 0.00810. The van der Waals surface area contributed by atoms with Gasteiger partial charge < -0.3 is 14.7 Å². The number of halogens is 1. The number of fused-ring (bicyclic) bond motifs is 1. The monoisotopic (exact) mass is 476 g/mol. The molecule has 0 bridgehead atoms. The van der Waals surface area contributed by atoms with Gasteiger partial charge in [-0.3, -0.25) is 14.9 Å². The molecule has 1 aliphatic rings. The molecule has 1 heterocycles. The van der Waals surface area contributed by atoms with Gasteiger partial charge in [0.2, 0.25) is 5.91 Å². The molecule has 0 radical (unpaired) electrons. The molecule has 3 aromatic rings. The number of hydrogen-bond donors (Lipinski definition) is 2. The number of carbonyl (C=O) groups is 2. The molecule has 7 heteroatoms. The number of amides is 1. The maximum absolute atomic E-state index is 13.7. The summed E-state index contributed by atoms with van der Waals surface area (Å²) in [5.74, 6) is -0.793. The lowest BCUT2D eigenvalue weighted by Crippen LogP contribution is -2.54. The van der Waals surface area contributed by atoms with Gasteiger partial charge in [0.05, 0.1) is 12.2 Å². The number of aliphatic carboxylic acids is 1. The molecule has 2 N–H and O–H groups in total. The molecule has 0 saturated carbocycles. The Labute approximate surface area is 204 Å². The predicted molar refractivity (Wildman–Crippen MR) is 132 cm³/mol. The Balaban J connectivity index is 1.58. The lowest BCUT2D eigenvalue weighted by molar-refractivity contribution is -0.140. The van der Waals surface area contributed by atoms with Gasteiger partial charge in [-0.1, -0.05) is 62.4 Å². The molecule has 0 saturated heterocycles. The van der Waals surface area contributed by atoms with Gasteiger partial charge in [-0.25, -0.2) is 4.39 Å². The van der Waals surface area contributed by atoms with Gasteiger partial charge in [0, 0.05) is 0 Å². The van der Waals surface area contributed by atoms with Gasteiger partial charge in [-0.2, -0.15) is 0 Å². The number of para-hydroxylation sites is 2. The number of benzene rings is 3. The van der Waals surface area contributed by atoms with E-state index in [1.165, 1.54) is 17.7 Å². The van der Waals surface area contributed by atoms with E-state index in [0.29, 0.717) is 29.5 Å². The van der Waals surface area contributed by atoms with E-state index in [1.807, 2.05) is 30.3 Å². The molecule has 182 valence electrons. The zero-order chi connectivity index (χ0) is 24.9. The number of anilines is 1. The molecular formula is C28H29FN2O4. The van der Waals surface area contributed by atoms with Crippen LogP contribution in [0.3, 0.4) is 0 Å². The Bertz CT molecular complexity index is 1180. The molecule has 1 aliphatic heterocycles. The number of nitrogens with one attached hydrogen (secondary N) is 1. The molecule has 4 rings (SSSR count). The van der Waals surface area contributed by atoms with Crippen molar-refractivity contribution in [2.75, 3.05) is 11.5 Å². The summed E-state index contributed by atoms with van der Waals surface area (Å²) in [5.41, 5.74) is 3.46. The number of nitrogens with zero attached hydrogens (tertiary/aromatic N) is 1. The largest absolute Gasteiger partial charge is 0.489 e. The first-order valence-electron chi connectivity index (χ1n) is 11.7. The SMILES string of the molecule is CC(C)c1ccc(CN2C(=O)C(N[C@@H](Cc3ccc(F)cc3)C(=O)O)COc3ccccc32)cc1. The first kappa shape index (κ1) is 24.4. The van der Waals surface area contributed by atoms with Crippen LogP contribution in [0.25, 0.3) is 0 Å². The van der Waals surface area contributed by atoms with Gasteiger partial charge in [-0.15, -0.1) is 0 Å². The molecule has 1 amide bonds. The van der Waals surface area contributed by atoms with E-state index in [4.69, 9.17) is 4.74 Å². The molecule has 0 fully saturated rings. The predicted octanol–water partition coefficient (Wildman–Crippen LogP) is 4.53. The molecular weight excluding hydrogens is 447 g/mol. The van der Waals surface area contributed by atoms with E-state index in [9.17, 15) is 19.1 Å². The number of carboxylic acids is 1. The molecule has 6 nitrogen and oxygen atoms in total. The average Bonchev–Trinajstić information content (AvgIpc) is 2.97. The summed E-state index contributed by atoms with van der Waals surface area (Å²) in [7, 11) is 0. The smallest absolute Gasteiger partial charge is 0.321 e. The van der Waals surface area contributed by atoms with E-state index in [1.54, 1.807) is 23.1 Å². The van der Waals surface area contributed by atoms with Crippen molar-refractivity contribution in [2.24, 2.45) is 0 Å². The van der Waals surface area contributed by atoms with Crippen LogP contribution in [0.5, 0.6) is 5.75 Å². The lowest BCUT2D eigenvalue weighted by Gasteiger charge is -2.27. The Morgan fingerprint density at radius 2 is 1.71 bits per heavy atom. The summed E-state index contributed by atoms with van der Waals surface area (Å²) in [6.07, 6.45) is 0.100. The van der Waals surface area contributed by atoms with E-state index in [0.717, 1.165) is 5.56 Å². The van der Waals surface area contributed by atoms with Crippen LogP contribution in [0.1, 0.15) is 36.5 Å².